The molecule has 0 N–H and O–H groups in total. The smallest absolute Gasteiger partial charge is 0.259 e. The normalized spacial score (nSPS) is 18.2. The van der Waals surface area contributed by atoms with Crippen molar-refractivity contribution in [1.82, 2.24) is 0 Å². The van der Waals surface area contributed by atoms with E-state index < -0.39 is 16.0 Å². The monoisotopic (exact) mass is 451 g/mol. The van der Waals surface area contributed by atoms with Crippen LogP contribution in [0.15, 0.2) is 101 Å². The van der Waals surface area contributed by atoms with Crippen LogP contribution in [0.25, 0.3) is 5.57 Å². The van der Waals surface area contributed by atoms with Gasteiger partial charge in [-0.05, 0) is 53.1 Å². The molecule has 1 amide bonds. The average Bonchev–Trinajstić information content (AvgIpc) is 2.99. The molecule has 0 bridgehead atoms. The lowest BCUT2D eigenvalue weighted by molar-refractivity contribution is -0.114. The van der Waals surface area contributed by atoms with E-state index in [2.05, 4.69) is 0 Å². The van der Waals surface area contributed by atoms with Gasteiger partial charge in [0.25, 0.3) is 5.91 Å². The third-order valence-electron chi connectivity index (χ3n) is 5.09. The maximum absolute atomic E-state index is 13.7. The van der Waals surface area contributed by atoms with Gasteiger partial charge >= 0.3 is 0 Å². The Kier molecular flexibility index (Phi) is 7.26. The third kappa shape index (κ3) is 4.97. The fourth-order valence-corrected chi connectivity index (χ4v) is 4.20. The first kappa shape index (κ1) is 23.4. The first-order chi connectivity index (χ1) is 15.3. The van der Waals surface area contributed by atoms with Gasteiger partial charge < -0.3 is 4.90 Å². The first-order valence-electron chi connectivity index (χ1n) is 10.5. The standard InChI is InChI=1S/C24H20FNO3S.C2H6/c1-30(28,29)21-14-11-17(12-15-21)22-16-26(20-8-3-2-4-9-20)24(27)23(22)18-6-5-7-19(25)13-10-18;1-2/h2-15,19H,16H2,1H3;1-2H3. The second-order valence-corrected chi connectivity index (χ2v) is 9.20. The summed E-state index contributed by atoms with van der Waals surface area (Å²) in [6.45, 7) is 4.34. The van der Waals surface area contributed by atoms with Gasteiger partial charge in [-0.3, -0.25) is 4.79 Å². The number of anilines is 1. The quantitative estimate of drug-likeness (QED) is 0.633. The van der Waals surface area contributed by atoms with E-state index in [1.165, 1.54) is 12.2 Å². The van der Waals surface area contributed by atoms with Crippen molar-refractivity contribution in [3.05, 3.63) is 102 Å². The van der Waals surface area contributed by atoms with Gasteiger partial charge in [-0.1, -0.05) is 62.4 Å². The van der Waals surface area contributed by atoms with E-state index in [4.69, 9.17) is 0 Å². The molecule has 2 aliphatic rings. The molecule has 0 radical (unpaired) electrons. The Bertz CT molecular complexity index is 1210. The molecule has 0 aromatic heterocycles. The second-order valence-electron chi connectivity index (χ2n) is 7.19. The Morgan fingerprint density at radius 2 is 1.62 bits per heavy atom. The number of hydrogen-bond donors (Lipinski definition) is 0. The van der Waals surface area contributed by atoms with Crippen LogP contribution in [0.3, 0.4) is 0 Å². The van der Waals surface area contributed by atoms with Crippen LogP contribution in [0.5, 0.6) is 0 Å². The number of alkyl halides is 1. The number of allylic oxidation sites excluding steroid dienone is 5. The maximum Gasteiger partial charge on any atom is 0.259 e. The molecule has 6 heteroatoms. The Balaban J connectivity index is 0.00000141. The first-order valence-corrected chi connectivity index (χ1v) is 12.4. The van der Waals surface area contributed by atoms with E-state index in [-0.39, 0.29) is 10.8 Å². The summed E-state index contributed by atoms with van der Waals surface area (Å²) in [6.07, 6.45) is 7.72. The van der Waals surface area contributed by atoms with E-state index in [0.717, 1.165) is 23.1 Å². The third-order valence-corrected chi connectivity index (χ3v) is 6.22. The maximum atomic E-state index is 13.7. The zero-order chi connectivity index (χ0) is 23.3. The SMILES string of the molecule is CC.CS(=O)(=O)c1ccc(C2=C(C3=CC=CC(F)C=C3)C(=O)N(c3ccccc3)C2)cc1. The second kappa shape index (κ2) is 9.92. The minimum atomic E-state index is -3.32. The zero-order valence-electron chi connectivity index (χ0n) is 18.3. The Labute approximate surface area is 189 Å². The number of nitrogens with zero attached hydrogens (tertiary/aromatic N) is 1. The predicted molar refractivity (Wildman–Crippen MR) is 128 cm³/mol. The van der Waals surface area contributed by atoms with E-state index in [0.29, 0.717) is 17.7 Å². The summed E-state index contributed by atoms with van der Waals surface area (Å²) in [7, 11) is -3.32. The number of rotatable bonds is 4. The summed E-state index contributed by atoms with van der Waals surface area (Å²) in [5, 5.41) is 0. The Hall–Kier alpha value is -3.25. The molecule has 2 aromatic rings. The Morgan fingerprint density at radius 1 is 0.969 bits per heavy atom. The van der Waals surface area contributed by atoms with E-state index in [9.17, 15) is 17.6 Å². The molecule has 4 rings (SSSR count). The van der Waals surface area contributed by atoms with Gasteiger partial charge in [-0.25, -0.2) is 12.8 Å². The van der Waals surface area contributed by atoms with Gasteiger partial charge in [-0.2, -0.15) is 0 Å². The predicted octanol–water partition coefficient (Wildman–Crippen LogP) is 5.31. The summed E-state index contributed by atoms with van der Waals surface area (Å²) in [4.78, 5) is 15.3. The highest BCUT2D eigenvalue weighted by Crippen LogP contribution is 2.36. The highest BCUT2D eigenvalue weighted by molar-refractivity contribution is 7.90. The topological polar surface area (TPSA) is 54.5 Å². The minimum absolute atomic E-state index is 0.176. The van der Waals surface area contributed by atoms with Crippen molar-refractivity contribution in [3.63, 3.8) is 0 Å². The molecule has 1 heterocycles. The molecular weight excluding hydrogens is 425 g/mol. The number of carbonyl (C=O) groups is 1. The molecule has 4 nitrogen and oxygen atoms in total. The molecule has 1 atom stereocenters. The fourth-order valence-electron chi connectivity index (χ4n) is 3.57. The number of para-hydroxylation sites is 1. The van der Waals surface area contributed by atoms with Gasteiger partial charge in [0.15, 0.2) is 9.84 Å². The molecular formula is C26H26FNO3S. The largest absolute Gasteiger partial charge is 0.304 e. The van der Waals surface area contributed by atoms with Crippen molar-refractivity contribution >= 4 is 27.0 Å². The van der Waals surface area contributed by atoms with Crippen molar-refractivity contribution < 1.29 is 17.6 Å². The summed E-state index contributed by atoms with van der Waals surface area (Å²) >= 11 is 0. The van der Waals surface area contributed by atoms with Crippen molar-refractivity contribution in [2.24, 2.45) is 0 Å². The van der Waals surface area contributed by atoms with Crippen LogP contribution in [0.1, 0.15) is 19.4 Å². The highest BCUT2D eigenvalue weighted by Gasteiger charge is 2.33. The zero-order valence-corrected chi connectivity index (χ0v) is 19.1. The van der Waals surface area contributed by atoms with Gasteiger partial charge in [0.1, 0.15) is 6.17 Å². The van der Waals surface area contributed by atoms with Crippen LogP contribution < -0.4 is 4.90 Å². The lowest BCUT2D eigenvalue weighted by Gasteiger charge is -2.17. The molecule has 1 aliphatic carbocycles. The molecule has 0 saturated carbocycles. The van der Waals surface area contributed by atoms with Crippen LogP contribution >= 0.6 is 0 Å². The number of halogens is 1. The summed E-state index contributed by atoms with van der Waals surface area (Å²) < 4.78 is 37.3. The van der Waals surface area contributed by atoms with Gasteiger partial charge in [0, 0.05) is 11.9 Å². The molecule has 166 valence electrons. The lowest BCUT2D eigenvalue weighted by atomic mass is 9.96. The minimum Gasteiger partial charge on any atom is -0.304 e. The lowest BCUT2D eigenvalue weighted by Crippen LogP contribution is -2.26. The van der Waals surface area contributed by atoms with Crippen LogP contribution in [0, 0.1) is 0 Å². The molecule has 1 unspecified atom stereocenters. The summed E-state index contributed by atoms with van der Waals surface area (Å²) in [5.74, 6) is -0.176. The van der Waals surface area contributed by atoms with Crippen LogP contribution in [-0.4, -0.2) is 33.3 Å². The number of hydrogen-bond acceptors (Lipinski definition) is 3. The van der Waals surface area contributed by atoms with Crippen molar-refractivity contribution in [2.75, 3.05) is 17.7 Å². The number of sulfone groups is 1. The molecule has 1 aliphatic heterocycles. The molecule has 0 fully saturated rings. The van der Waals surface area contributed by atoms with Gasteiger partial charge in [-0.15, -0.1) is 0 Å². The van der Waals surface area contributed by atoms with E-state index in [1.807, 2.05) is 44.2 Å². The Morgan fingerprint density at radius 3 is 2.25 bits per heavy atom. The summed E-state index contributed by atoms with van der Waals surface area (Å²) in [6, 6.07) is 15.8. The van der Waals surface area contributed by atoms with E-state index in [1.54, 1.807) is 47.4 Å². The van der Waals surface area contributed by atoms with Crippen molar-refractivity contribution in [1.29, 1.82) is 0 Å². The number of benzene rings is 2. The summed E-state index contributed by atoms with van der Waals surface area (Å²) in [5.41, 5.74) is 3.40. The molecule has 2 aromatic carbocycles. The molecule has 0 spiro atoms. The average molecular weight is 452 g/mol. The fraction of sp³-hybridized carbons (Fsp3) is 0.192. The highest BCUT2D eigenvalue weighted by atomic mass is 32.2. The van der Waals surface area contributed by atoms with Crippen LogP contribution in [0.2, 0.25) is 0 Å². The number of carbonyl (C=O) groups excluding carboxylic acids is 1. The molecule has 32 heavy (non-hydrogen) atoms. The number of amides is 1. The van der Waals surface area contributed by atoms with Crippen molar-refractivity contribution in [2.45, 2.75) is 24.9 Å². The van der Waals surface area contributed by atoms with Gasteiger partial charge in [0.2, 0.25) is 0 Å². The molecule has 0 saturated heterocycles. The van der Waals surface area contributed by atoms with Crippen molar-refractivity contribution in [3.8, 4) is 0 Å². The van der Waals surface area contributed by atoms with E-state index >= 15 is 0 Å². The van der Waals surface area contributed by atoms with Crippen LogP contribution in [0.4, 0.5) is 10.1 Å². The van der Waals surface area contributed by atoms with Crippen LogP contribution in [-0.2, 0) is 14.6 Å². The van der Waals surface area contributed by atoms with Gasteiger partial charge in [0.05, 0.1) is 17.0 Å².